The summed E-state index contributed by atoms with van der Waals surface area (Å²) in [7, 11) is 1.44. The van der Waals surface area contributed by atoms with Gasteiger partial charge in [0.1, 0.15) is 5.75 Å². The summed E-state index contributed by atoms with van der Waals surface area (Å²) < 4.78 is 10.1. The van der Waals surface area contributed by atoms with Crippen LogP contribution in [0.25, 0.3) is 0 Å². The molecule has 1 heterocycles. The fourth-order valence-electron chi connectivity index (χ4n) is 2.72. The van der Waals surface area contributed by atoms with Crippen molar-refractivity contribution >= 4 is 29.5 Å². The number of nitrogens with zero attached hydrogens (tertiary/aromatic N) is 1. The van der Waals surface area contributed by atoms with Crippen molar-refractivity contribution in [3.8, 4) is 5.75 Å². The van der Waals surface area contributed by atoms with Crippen LogP contribution in [0.15, 0.2) is 18.2 Å². The molecule has 1 saturated heterocycles. The Kier molecular flexibility index (Phi) is 7.08. The molecule has 142 valence electrons. The summed E-state index contributed by atoms with van der Waals surface area (Å²) in [6.07, 6.45) is 0.878. The van der Waals surface area contributed by atoms with Gasteiger partial charge in [0.15, 0.2) is 0 Å². The van der Waals surface area contributed by atoms with Crippen LogP contribution in [0.1, 0.15) is 30.1 Å². The summed E-state index contributed by atoms with van der Waals surface area (Å²) in [5.74, 6) is -0.994. The van der Waals surface area contributed by atoms with Crippen LogP contribution in [0.2, 0.25) is 5.02 Å². The Morgan fingerprint density at radius 3 is 2.77 bits per heavy atom. The average Bonchev–Trinajstić information content (AvgIpc) is 2.66. The van der Waals surface area contributed by atoms with E-state index in [4.69, 9.17) is 21.1 Å². The number of hydrogen-bond acceptors (Lipinski definition) is 5. The molecule has 1 aliphatic heterocycles. The third kappa shape index (κ3) is 5.01. The van der Waals surface area contributed by atoms with Crippen molar-refractivity contribution in [2.75, 3.05) is 26.8 Å². The van der Waals surface area contributed by atoms with Crippen molar-refractivity contribution in [2.45, 2.75) is 19.8 Å². The second-order valence-corrected chi connectivity index (χ2v) is 6.21. The molecular formula is C17H22ClN3O5. The Balaban J connectivity index is 1.93. The van der Waals surface area contributed by atoms with Crippen molar-refractivity contribution in [1.82, 2.24) is 15.8 Å². The number of hydrazine groups is 1. The number of methoxy groups -OCH3 is 1. The molecule has 1 atom stereocenters. The molecule has 0 unspecified atom stereocenters. The Morgan fingerprint density at radius 2 is 2.08 bits per heavy atom. The van der Waals surface area contributed by atoms with Crippen LogP contribution in [0, 0.1) is 5.92 Å². The molecule has 26 heavy (non-hydrogen) atoms. The van der Waals surface area contributed by atoms with E-state index in [2.05, 4.69) is 10.9 Å². The Morgan fingerprint density at radius 1 is 1.31 bits per heavy atom. The maximum atomic E-state index is 12.3. The van der Waals surface area contributed by atoms with Crippen LogP contribution in [0.3, 0.4) is 0 Å². The van der Waals surface area contributed by atoms with Crippen molar-refractivity contribution in [1.29, 1.82) is 0 Å². The largest absolute Gasteiger partial charge is 0.496 e. The zero-order chi connectivity index (χ0) is 19.1. The van der Waals surface area contributed by atoms with Gasteiger partial charge < -0.3 is 14.4 Å². The summed E-state index contributed by atoms with van der Waals surface area (Å²) in [6, 6.07) is 4.62. The standard InChI is InChI=1S/C17H22ClN3O5/c1-3-26-17(24)21-8-4-5-11(10-21)15(22)19-20-16(23)13-9-12(18)6-7-14(13)25-2/h6-7,9,11H,3-5,8,10H2,1-2H3,(H,19,22)(H,20,23)/t11-/m0/s1. The number of carbonyl (C=O) groups is 3. The van der Waals surface area contributed by atoms with E-state index in [9.17, 15) is 14.4 Å². The van der Waals surface area contributed by atoms with Gasteiger partial charge >= 0.3 is 6.09 Å². The number of nitrogens with one attached hydrogen (secondary N) is 2. The van der Waals surface area contributed by atoms with Crippen LogP contribution in [0.5, 0.6) is 5.75 Å². The lowest BCUT2D eigenvalue weighted by molar-refractivity contribution is -0.127. The number of carbonyl (C=O) groups excluding carboxylic acids is 3. The highest BCUT2D eigenvalue weighted by Crippen LogP contribution is 2.22. The number of amides is 3. The van der Waals surface area contributed by atoms with Gasteiger partial charge in [-0.15, -0.1) is 0 Å². The van der Waals surface area contributed by atoms with Crippen molar-refractivity contribution in [3.05, 3.63) is 28.8 Å². The highest BCUT2D eigenvalue weighted by molar-refractivity contribution is 6.31. The summed E-state index contributed by atoms with van der Waals surface area (Å²) in [6.45, 7) is 2.81. The van der Waals surface area contributed by atoms with E-state index in [0.29, 0.717) is 30.2 Å². The molecule has 1 aliphatic rings. The third-order valence-electron chi connectivity index (χ3n) is 4.02. The van der Waals surface area contributed by atoms with Crippen LogP contribution >= 0.6 is 11.6 Å². The maximum absolute atomic E-state index is 12.3. The fraction of sp³-hybridized carbons (Fsp3) is 0.471. The molecule has 3 amide bonds. The molecule has 8 nitrogen and oxygen atoms in total. The monoisotopic (exact) mass is 383 g/mol. The first-order chi connectivity index (χ1) is 12.5. The predicted molar refractivity (Wildman–Crippen MR) is 94.9 cm³/mol. The van der Waals surface area contributed by atoms with Crippen molar-refractivity contribution < 1.29 is 23.9 Å². The first-order valence-electron chi connectivity index (χ1n) is 8.31. The number of hydrogen-bond donors (Lipinski definition) is 2. The summed E-state index contributed by atoms with van der Waals surface area (Å²) in [5, 5.41) is 0.375. The van der Waals surface area contributed by atoms with Gasteiger partial charge in [-0.25, -0.2) is 4.79 Å². The number of benzene rings is 1. The summed E-state index contributed by atoms with van der Waals surface area (Å²) in [4.78, 5) is 37.9. The zero-order valence-electron chi connectivity index (χ0n) is 14.7. The van der Waals surface area contributed by atoms with Crippen molar-refractivity contribution in [2.24, 2.45) is 5.92 Å². The van der Waals surface area contributed by atoms with Crippen LogP contribution in [0.4, 0.5) is 4.79 Å². The molecule has 0 saturated carbocycles. The molecule has 0 bridgehead atoms. The molecule has 0 aliphatic carbocycles. The van der Waals surface area contributed by atoms with Crippen molar-refractivity contribution in [3.63, 3.8) is 0 Å². The molecule has 1 aromatic rings. The molecule has 2 rings (SSSR count). The topological polar surface area (TPSA) is 97.0 Å². The summed E-state index contributed by atoms with van der Waals surface area (Å²) >= 11 is 5.90. The summed E-state index contributed by atoms with van der Waals surface area (Å²) in [5.41, 5.74) is 4.96. The molecule has 9 heteroatoms. The van der Waals surface area contributed by atoms with Crippen LogP contribution < -0.4 is 15.6 Å². The lowest BCUT2D eigenvalue weighted by atomic mass is 9.98. The smallest absolute Gasteiger partial charge is 0.409 e. The molecule has 2 N–H and O–H groups in total. The van der Waals surface area contributed by atoms with Crippen LogP contribution in [-0.2, 0) is 9.53 Å². The van der Waals surface area contributed by atoms with Gasteiger partial charge in [0, 0.05) is 18.1 Å². The predicted octanol–water partition coefficient (Wildman–Crippen LogP) is 1.98. The molecule has 0 aromatic heterocycles. The van der Waals surface area contributed by atoms with E-state index in [1.165, 1.54) is 18.1 Å². The lowest BCUT2D eigenvalue weighted by Gasteiger charge is -2.31. The van der Waals surface area contributed by atoms with E-state index >= 15 is 0 Å². The van der Waals surface area contributed by atoms with Gasteiger partial charge in [0.25, 0.3) is 5.91 Å². The van der Waals surface area contributed by atoms with E-state index in [0.717, 1.165) is 0 Å². The minimum Gasteiger partial charge on any atom is -0.496 e. The Bertz CT molecular complexity index is 682. The normalized spacial score (nSPS) is 16.6. The van der Waals surface area contributed by atoms with Gasteiger partial charge in [0.2, 0.25) is 5.91 Å². The number of ether oxygens (including phenoxy) is 2. The Hall–Kier alpha value is -2.48. The molecular weight excluding hydrogens is 362 g/mol. The van der Waals surface area contributed by atoms with E-state index in [-0.39, 0.29) is 24.6 Å². The Labute approximate surface area is 156 Å². The lowest BCUT2D eigenvalue weighted by Crippen LogP contribution is -2.50. The molecule has 0 radical (unpaired) electrons. The number of likely N-dealkylation sites (tertiary alicyclic amines) is 1. The van der Waals surface area contributed by atoms with Gasteiger partial charge in [0.05, 0.1) is 25.2 Å². The highest BCUT2D eigenvalue weighted by Gasteiger charge is 2.29. The van der Waals surface area contributed by atoms with Crippen LogP contribution in [-0.4, -0.2) is 49.6 Å². The highest BCUT2D eigenvalue weighted by atomic mass is 35.5. The van der Waals surface area contributed by atoms with E-state index in [1.54, 1.807) is 19.1 Å². The van der Waals surface area contributed by atoms with Gasteiger partial charge in [-0.2, -0.15) is 0 Å². The zero-order valence-corrected chi connectivity index (χ0v) is 15.5. The quantitative estimate of drug-likeness (QED) is 0.775. The minimum atomic E-state index is -0.546. The van der Waals surface area contributed by atoms with Gasteiger partial charge in [-0.1, -0.05) is 11.6 Å². The molecule has 1 aromatic carbocycles. The van der Waals surface area contributed by atoms with Gasteiger partial charge in [-0.05, 0) is 38.0 Å². The fourth-order valence-corrected chi connectivity index (χ4v) is 2.89. The first kappa shape index (κ1) is 19.8. The van der Waals surface area contributed by atoms with Gasteiger partial charge in [-0.3, -0.25) is 20.4 Å². The number of piperidine rings is 1. The first-order valence-corrected chi connectivity index (χ1v) is 8.69. The van der Waals surface area contributed by atoms with E-state index in [1.807, 2.05) is 0 Å². The van der Waals surface area contributed by atoms with E-state index < -0.39 is 17.9 Å². The average molecular weight is 384 g/mol. The SMILES string of the molecule is CCOC(=O)N1CCC[C@H](C(=O)NNC(=O)c2cc(Cl)ccc2OC)C1. The minimum absolute atomic E-state index is 0.206. The second-order valence-electron chi connectivity index (χ2n) is 5.77. The molecule has 0 spiro atoms. The number of halogens is 1. The molecule has 1 fully saturated rings. The maximum Gasteiger partial charge on any atom is 0.409 e. The number of rotatable bonds is 4. The second kappa shape index (κ2) is 9.28. The third-order valence-corrected chi connectivity index (χ3v) is 4.26.